The van der Waals surface area contributed by atoms with E-state index in [-0.39, 0.29) is 18.0 Å². The van der Waals surface area contributed by atoms with Crippen molar-refractivity contribution in [2.45, 2.75) is 32.1 Å². The van der Waals surface area contributed by atoms with Gasteiger partial charge < -0.3 is 14.4 Å². The lowest BCUT2D eigenvalue weighted by molar-refractivity contribution is -0.145. The summed E-state index contributed by atoms with van der Waals surface area (Å²) < 4.78 is 10.0. The van der Waals surface area contributed by atoms with Gasteiger partial charge in [0, 0.05) is 19.5 Å². The number of likely N-dealkylation sites (tertiary alicyclic amines) is 1. The molecule has 5 heteroatoms. The first kappa shape index (κ1) is 12.9. The van der Waals surface area contributed by atoms with Crippen LogP contribution in [0.3, 0.4) is 0 Å². The Bertz CT molecular complexity index is 364. The molecule has 1 saturated heterocycles. The number of ether oxygens (including phenoxy) is 2. The molecule has 0 aromatic heterocycles. The normalized spacial score (nSPS) is 23.5. The molecule has 0 N–H and O–H groups in total. The predicted molar refractivity (Wildman–Crippen MR) is 64.7 cm³/mol. The van der Waals surface area contributed by atoms with Gasteiger partial charge in [-0.15, -0.1) is 0 Å². The molecule has 0 bridgehead atoms. The van der Waals surface area contributed by atoms with Crippen LogP contribution in [-0.4, -0.2) is 37.2 Å². The molecule has 0 radical (unpaired) electrons. The zero-order valence-electron chi connectivity index (χ0n) is 10.7. The summed E-state index contributed by atoms with van der Waals surface area (Å²) in [7, 11) is 1.35. The van der Waals surface area contributed by atoms with Crippen LogP contribution < -0.4 is 0 Å². The van der Waals surface area contributed by atoms with E-state index >= 15 is 0 Å². The highest BCUT2D eigenvalue weighted by Crippen LogP contribution is 2.23. The lowest BCUT2D eigenvalue weighted by Crippen LogP contribution is -2.42. The third-order valence-corrected chi connectivity index (χ3v) is 3.42. The fourth-order valence-electron chi connectivity index (χ4n) is 2.41. The summed E-state index contributed by atoms with van der Waals surface area (Å²) in [4.78, 5) is 25.0. The number of rotatable bonds is 2. The molecule has 1 amide bonds. The summed E-state index contributed by atoms with van der Waals surface area (Å²) >= 11 is 0. The molecule has 1 aliphatic carbocycles. The molecule has 0 spiro atoms. The van der Waals surface area contributed by atoms with E-state index in [9.17, 15) is 9.59 Å². The minimum atomic E-state index is -0.368. The van der Waals surface area contributed by atoms with Crippen LogP contribution in [-0.2, 0) is 14.3 Å². The first-order chi connectivity index (χ1) is 8.70. The Balaban J connectivity index is 1.87. The van der Waals surface area contributed by atoms with E-state index in [1.807, 2.05) is 6.08 Å². The van der Waals surface area contributed by atoms with Gasteiger partial charge in [-0.3, -0.25) is 4.79 Å². The van der Waals surface area contributed by atoms with Crippen LogP contribution in [0, 0.1) is 5.92 Å². The molecule has 2 rings (SSSR count). The van der Waals surface area contributed by atoms with Gasteiger partial charge in [-0.25, -0.2) is 4.79 Å². The van der Waals surface area contributed by atoms with Gasteiger partial charge in [-0.1, -0.05) is 0 Å². The van der Waals surface area contributed by atoms with Gasteiger partial charge in [0.15, 0.2) is 0 Å². The van der Waals surface area contributed by atoms with Crippen molar-refractivity contribution < 1.29 is 19.1 Å². The summed E-state index contributed by atoms with van der Waals surface area (Å²) in [5, 5.41) is 0. The van der Waals surface area contributed by atoms with Crippen LogP contribution in [0.2, 0.25) is 0 Å². The quantitative estimate of drug-likeness (QED) is 0.707. The van der Waals surface area contributed by atoms with Crippen LogP contribution in [0.4, 0.5) is 4.79 Å². The minimum absolute atomic E-state index is 0.211. The Morgan fingerprint density at radius 1 is 1.39 bits per heavy atom. The SMILES string of the molecule is COC(=O)N1CCCC(C(=O)OC2=CCCC2)C1. The van der Waals surface area contributed by atoms with E-state index in [2.05, 4.69) is 4.74 Å². The van der Waals surface area contributed by atoms with Crippen molar-refractivity contribution in [1.82, 2.24) is 4.90 Å². The standard InChI is InChI=1S/C13H19NO4/c1-17-13(16)14-8-4-5-10(9-14)12(15)18-11-6-2-3-7-11/h6,10H,2-5,7-9H2,1H3. The van der Waals surface area contributed by atoms with E-state index in [0.717, 1.165) is 37.9 Å². The van der Waals surface area contributed by atoms with Crippen LogP contribution in [0.25, 0.3) is 0 Å². The summed E-state index contributed by atoms with van der Waals surface area (Å²) in [5.74, 6) is 0.353. The second kappa shape index (κ2) is 5.89. The van der Waals surface area contributed by atoms with E-state index in [1.54, 1.807) is 4.90 Å². The van der Waals surface area contributed by atoms with Crippen molar-refractivity contribution in [1.29, 1.82) is 0 Å². The maximum Gasteiger partial charge on any atom is 0.409 e. The number of nitrogens with zero attached hydrogens (tertiary/aromatic N) is 1. The van der Waals surface area contributed by atoms with E-state index in [1.165, 1.54) is 7.11 Å². The van der Waals surface area contributed by atoms with E-state index < -0.39 is 0 Å². The zero-order chi connectivity index (χ0) is 13.0. The van der Waals surface area contributed by atoms with Crippen LogP contribution in [0.1, 0.15) is 32.1 Å². The number of carbonyl (C=O) groups excluding carboxylic acids is 2. The monoisotopic (exact) mass is 253 g/mol. The van der Waals surface area contributed by atoms with Gasteiger partial charge in [0.05, 0.1) is 13.0 Å². The first-order valence-corrected chi connectivity index (χ1v) is 6.44. The average Bonchev–Trinajstić information content (AvgIpc) is 2.90. The van der Waals surface area contributed by atoms with Crippen LogP contribution >= 0.6 is 0 Å². The summed E-state index contributed by atoms with van der Waals surface area (Å²) in [6.45, 7) is 1.05. The second-order valence-electron chi connectivity index (χ2n) is 4.74. The highest BCUT2D eigenvalue weighted by atomic mass is 16.5. The number of carbonyl (C=O) groups is 2. The number of amides is 1. The molecule has 1 unspecified atom stereocenters. The second-order valence-corrected chi connectivity index (χ2v) is 4.74. The minimum Gasteiger partial charge on any atom is -0.453 e. The molecule has 0 saturated carbocycles. The fourth-order valence-corrected chi connectivity index (χ4v) is 2.41. The summed E-state index contributed by atoms with van der Waals surface area (Å²) in [6, 6.07) is 0. The van der Waals surface area contributed by atoms with Gasteiger partial charge >= 0.3 is 12.1 Å². The van der Waals surface area contributed by atoms with Crippen molar-refractivity contribution in [3.8, 4) is 0 Å². The van der Waals surface area contributed by atoms with Crippen molar-refractivity contribution >= 4 is 12.1 Å². The number of hydrogen-bond acceptors (Lipinski definition) is 4. The average molecular weight is 253 g/mol. The smallest absolute Gasteiger partial charge is 0.409 e. The third kappa shape index (κ3) is 3.03. The van der Waals surface area contributed by atoms with Crippen LogP contribution in [0.15, 0.2) is 11.8 Å². The Kier molecular flexibility index (Phi) is 4.23. The van der Waals surface area contributed by atoms with Crippen molar-refractivity contribution in [2.24, 2.45) is 5.92 Å². The van der Waals surface area contributed by atoms with Crippen LogP contribution in [0.5, 0.6) is 0 Å². The van der Waals surface area contributed by atoms with Gasteiger partial charge in [-0.2, -0.15) is 0 Å². The Hall–Kier alpha value is -1.52. The molecule has 2 aliphatic rings. The summed E-state index contributed by atoms with van der Waals surface area (Å²) in [5.41, 5.74) is 0. The molecular weight excluding hydrogens is 234 g/mol. The Morgan fingerprint density at radius 2 is 2.22 bits per heavy atom. The van der Waals surface area contributed by atoms with E-state index in [4.69, 9.17) is 4.74 Å². The van der Waals surface area contributed by atoms with Gasteiger partial charge in [0.2, 0.25) is 0 Å². The largest absolute Gasteiger partial charge is 0.453 e. The van der Waals surface area contributed by atoms with Gasteiger partial charge in [0.1, 0.15) is 5.76 Å². The molecule has 1 fully saturated rings. The molecule has 0 aromatic carbocycles. The highest BCUT2D eigenvalue weighted by Gasteiger charge is 2.30. The summed E-state index contributed by atoms with van der Waals surface area (Å²) in [6.07, 6.45) is 6.09. The lowest BCUT2D eigenvalue weighted by atomic mass is 9.98. The Labute approximate surface area is 107 Å². The van der Waals surface area contributed by atoms with Crippen molar-refractivity contribution in [3.05, 3.63) is 11.8 Å². The van der Waals surface area contributed by atoms with Gasteiger partial charge in [-0.05, 0) is 31.8 Å². The predicted octanol–water partition coefficient (Wildman–Crippen LogP) is 2.08. The van der Waals surface area contributed by atoms with E-state index in [0.29, 0.717) is 13.1 Å². The number of hydrogen-bond donors (Lipinski definition) is 0. The topological polar surface area (TPSA) is 55.8 Å². The molecule has 1 atom stereocenters. The molecule has 1 aliphatic heterocycles. The molecular formula is C13H19NO4. The number of esters is 1. The first-order valence-electron chi connectivity index (χ1n) is 6.44. The fraction of sp³-hybridized carbons (Fsp3) is 0.692. The number of methoxy groups -OCH3 is 1. The van der Waals surface area contributed by atoms with Crippen molar-refractivity contribution in [2.75, 3.05) is 20.2 Å². The number of piperidine rings is 1. The van der Waals surface area contributed by atoms with Crippen molar-refractivity contribution in [3.63, 3.8) is 0 Å². The number of allylic oxidation sites excluding steroid dienone is 2. The maximum absolute atomic E-state index is 12.0. The highest BCUT2D eigenvalue weighted by molar-refractivity contribution is 5.75. The molecule has 100 valence electrons. The molecule has 5 nitrogen and oxygen atoms in total. The maximum atomic E-state index is 12.0. The zero-order valence-corrected chi connectivity index (χ0v) is 10.7. The molecule has 0 aromatic rings. The third-order valence-electron chi connectivity index (χ3n) is 3.42. The Morgan fingerprint density at radius 3 is 2.89 bits per heavy atom. The lowest BCUT2D eigenvalue weighted by Gasteiger charge is -2.30. The van der Waals surface area contributed by atoms with Gasteiger partial charge in [0.25, 0.3) is 0 Å². The molecule has 18 heavy (non-hydrogen) atoms. The molecule has 1 heterocycles.